The molecule has 4 nitrogen and oxygen atoms in total. The number of amides is 1. The van der Waals surface area contributed by atoms with Gasteiger partial charge in [-0.3, -0.25) is 4.90 Å². The van der Waals surface area contributed by atoms with Gasteiger partial charge in [0.2, 0.25) is 0 Å². The van der Waals surface area contributed by atoms with Crippen molar-refractivity contribution in [2.45, 2.75) is 32.8 Å². The molecule has 0 fully saturated rings. The van der Waals surface area contributed by atoms with E-state index < -0.39 is 17.5 Å². The van der Waals surface area contributed by atoms with Crippen LogP contribution in [0.3, 0.4) is 0 Å². The highest BCUT2D eigenvalue weighted by molar-refractivity contribution is 9.10. The molecule has 0 atom stereocenters. The number of aromatic nitrogens is 1. The zero-order valence-corrected chi connectivity index (χ0v) is 13.3. The van der Waals surface area contributed by atoms with Gasteiger partial charge < -0.3 is 4.74 Å². The third kappa shape index (κ3) is 3.00. The van der Waals surface area contributed by atoms with Crippen LogP contribution in [0.15, 0.2) is 17.2 Å². The van der Waals surface area contributed by atoms with Gasteiger partial charge in [-0.25, -0.2) is 14.2 Å². The van der Waals surface area contributed by atoms with Crippen LogP contribution in [0.1, 0.15) is 32.9 Å². The molecule has 2 heterocycles. The van der Waals surface area contributed by atoms with Crippen molar-refractivity contribution in [2.75, 3.05) is 11.4 Å². The van der Waals surface area contributed by atoms with E-state index in [0.29, 0.717) is 24.3 Å². The van der Waals surface area contributed by atoms with Gasteiger partial charge >= 0.3 is 6.09 Å². The van der Waals surface area contributed by atoms with Crippen molar-refractivity contribution in [1.82, 2.24) is 4.98 Å². The molecule has 2 rings (SSSR count). The number of pyridine rings is 1. The molecule has 1 aliphatic heterocycles. The topological polar surface area (TPSA) is 42.4 Å². The van der Waals surface area contributed by atoms with E-state index in [-0.39, 0.29) is 4.60 Å². The smallest absolute Gasteiger partial charge is 0.414 e. The van der Waals surface area contributed by atoms with Crippen LogP contribution in [0.4, 0.5) is 14.9 Å². The lowest BCUT2D eigenvalue weighted by atomic mass is 10.0. The molecule has 1 aromatic rings. The Morgan fingerprint density at radius 1 is 1.55 bits per heavy atom. The third-order valence-electron chi connectivity index (χ3n) is 2.79. The summed E-state index contributed by atoms with van der Waals surface area (Å²) >= 11 is 3.05. The lowest BCUT2D eigenvalue weighted by Gasteiger charge is -2.32. The largest absolute Gasteiger partial charge is 0.443 e. The summed E-state index contributed by atoms with van der Waals surface area (Å²) in [5.74, 6) is -0.521. The monoisotopic (exact) mass is 342 g/mol. The Bertz CT molecular complexity index is 581. The number of rotatable bonds is 0. The van der Waals surface area contributed by atoms with Gasteiger partial charge in [-0.2, -0.15) is 0 Å². The fourth-order valence-electron chi connectivity index (χ4n) is 1.91. The summed E-state index contributed by atoms with van der Waals surface area (Å²) in [4.78, 5) is 17.7. The molecule has 0 bridgehead atoms. The van der Waals surface area contributed by atoms with E-state index in [9.17, 15) is 9.18 Å². The summed E-state index contributed by atoms with van der Waals surface area (Å²) in [6.45, 7) is 9.68. The highest BCUT2D eigenvalue weighted by Crippen LogP contribution is 2.35. The number of fused-ring (bicyclic) bond motifs is 1. The Morgan fingerprint density at radius 2 is 2.20 bits per heavy atom. The molecule has 0 saturated carbocycles. The molecule has 0 saturated heterocycles. The number of nitrogens with zero attached hydrogens (tertiary/aromatic N) is 2. The Hall–Kier alpha value is -1.43. The number of ether oxygens (including phenoxy) is 1. The molecule has 20 heavy (non-hydrogen) atoms. The fourth-order valence-corrected chi connectivity index (χ4v) is 2.21. The molecular formula is C14H16BrFN2O2. The van der Waals surface area contributed by atoms with Gasteiger partial charge in [0.15, 0.2) is 5.82 Å². The Kier molecular flexibility index (Phi) is 3.86. The van der Waals surface area contributed by atoms with E-state index in [0.717, 1.165) is 5.57 Å². The molecule has 1 aliphatic rings. The van der Waals surface area contributed by atoms with Gasteiger partial charge in [0.1, 0.15) is 10.2 Å². The molecule has 0 unspecified atom stereocenters. The van der Waals surface area contributed by atoms with E-state index >= 15 is 0 Å². The molecule has 0 aliphatic carbocycles. The number of anilines is 1. The molecule has 6 heteroatoms. The summed E-state index contributed by atoms with van der Waals surface area (Å²) in [6.07, 6.45) is 0.0758. The Balaban J connectivity index is 2.40. The summed E-state index contributed by atoms with van der Waals surface area (Å²) in [5, 5.41) is 0. The summed E-state index contributed by atoms with van der Waals surface area (Å²) in [7, 11) is 0. The van der Waals surface area contributed by atoms with Gasteiger partial charge in [0, 0.05) is 12.6 Å². The first-order chi connectivity index (χ1) is 9.19. The van der Waals surface area contributed by atoms with Crippen molar-refractivity contribution < 1.29 is 13.9 Å². The zero-order valence-electron chi connectivity index (χ0n) is 11.7. The van der Waals surface area contributed by atoms with Crippen LogP contribution >= 0.6 is 15.9 Å². The fraction of sp³-hybridized carbons (Fsp3) is 0.429. The van der Waals surface area contributed by atoms with E-state index in [1.807, 2.05) is 0 Å². The first-order valence-corrected chi connectivity index (χ1v) is 7.03. The lowest BCUT2D eigenvalue weighted by Crippen LogP contribution is -2.39. The number of carbonyl (C=O) groups excluding carboxylic acids is 1. The van der Waals surface area contributed by atoms with E-state index in [4.69, 9.17) is 4.74 Å². The maximum atomic E-state index is 13.7. The maximum absolute atomic E-state index is 13.7. The van der Waals surface area contributed by atoms with E-state index in [1.54, 1.807) is 20.8 Å². The molecule has 1 aromatic heterocycles. The average molecular weight is 343 g/mol. The van der Waals surface area contributed by atoms with Gasteiger partial charge in [0.25, 0.3) is 0 Å². The molecule has 0 N–H and O–H groups in total. The van der Waals surface area contributed by atoms with Crippen LogP contribution in [0.2, 0.25) is 0 Å². The number of hydrogen-bond acceptors (Lipinski definition) is 3. The second kappa shape index (κ2) is 5.16. The molecular weight excluding hydrogens is 327 g/mol. The quantitative estimate of drug-likeness (QED) is 0.665. The first-order valence-electron chi connectivity index (χ1n) is 6.24. The molecule has 0 aromatic carbocycles. The molecule has 0 radical (unpaired) electrons. The molecule has 0 spiro atoms. The highest BCUT2D eigenvalue weighted by Gasteiger charge is 2.30. The third-order valence-corrected chi connectivity index (χ3v) is 3.35. The minimum atomic E-state index is -0.604. The molecule has 108 valence electrons. The van der Waals surface area contributed by atoms with Gasteiger partial charge in [0.05, 0.1) is 11.4 Å². The summed E-state index contributed by atoms with van der Waals surface area (Å²) in [6, 6.07) is 1.28. The van der Waals surface area contributed by atoms with Crippen molar-refractivity contribution in [3.8, 4) is 0 Å². The van der Waals surface area contributed by atoms with Crippen LogP contribution < -0.4 is 4.90 Å². The normalized spacial score (nSPS) is 15.1. The van der Waals surface area contributed by atoms with Gasteiger partial charge in [-0.1, -0.05) is 6.58 Å². The van der Waals surface area contributed by atoms with Crippen LogP contribution in [-0.4, -0.2) is 23.2 Å². The SMILES string of the molecule is C=C1CCN(C(=O)OC(C)(C)C)c2cc(F)c(Br)nc21. The summed E-state index contributed by atoms with van der Waals surface area (Å²) in [5.41, 5.74) is 1.10. The van der Waals surface area contributed by atoms with Crippen LogP contribution in [0, 0.1) is 5.82 Å². The maximum Gasteiger partial charge on any atom is 0.414 e. The van der Waals surface area contributed by atoms with Crippen molar-refractivity contribution in [2.24, 2.45) is 0 Å². The second-order valence-corrected chi connectivity index (χ2v) is 6.37. The predicted octanol–water partition coefficient (Wildman–Crippen LogP) is 4.14. The van der Waals surface area contributed by atoms with Crippen LogP contribution in [0.5, 0.6) is 0 Å². The molecule has 1 amide bonds. The van der Waals surface area contributed by atoms with Crippen LogP contribution in [0.25, 0.3) is 5.57 Å². The van der Waals surface area contributed by atoms with Crippen molar-refractivity contribution in [3.63, 3.8) is 0 Å². The number of halogens is 2. The number of hydrogen-bond donors (Lipinski definition) is 0. The zero-order chi connectivity index (χ0) is 15.1. The van der Waals surface area contributed by atoms with Crippen LogP contribution in [-0.2, 0) is 4.74 Å². The van der Waals surface area contributed by atoms with Gasteiger partial charge in [-0.05, 0) is 48.7 Å². The number of carbonyl (C=O) groups is 1. The van der Waals surface area contributed by atoms with E-state index in [2.05, 4.69) is 27.5 Å². The standard InChI is InChI=1S/C14H16BrFN2O2/c1-8-5-6-18(13(19)20-14(2,3)4)10-7-9(16)12(15)17-11(8)10/h7H,1,5-6H2,2-4H3. The average Bonchev–Trinajstić information content (AvgIpc) is 2.30. The summed E-state index contributed by atoms with van der Waals surface area (Å²) < 4.78 is 19.1. The lowest BCUT2D eigenvalue weighted by molar-refractivity contribution is 0.0580. The van der Waals surface area contributed by atoms with Gasteiger partial charge in [-0.15, -0.1) is 0 Å². The van der Waals surface area contributed by atoms with Crippen molar-refractivity contribution >= 4 is 33.3 Å². The second-order valence-electron chi connectivity index (χ2n) is 5.61. The minimum absolute atomic E-state index is 0.114. The Labute approximate surface area is 125 Å². The predicted molar refractivity (Wildman–Crippen MR) is 79.1 cm³/mol. The Morgan fingerprint density at radius 3 is 2.80 bits per heavy atom. The first kappa shape index (κ1) is 15.0. The highest BCUT2D eigenvalue weighted by atomic mass is 79.9. The minimum Gasteiger partial charge on any atom is -0.443 e. The van der Waals surface area contributed by atoms with Crippen molar-refractivity contribution in [1.29, 1.82) is 0 Å². The van der Waals surface area contributed by atoms with E-state index in [1.165, 1.54) is 11.0 Å². The van der Waals surface area contributed by atoms with Crippen molar-refractivity contribution in [3.05, 3.63) is 28.8 Å².